The van der Waals surface area contributed by atoms with Crippen molar-refractivity contribution in [2.45, 2.75) is 39.7 Å². The van der Waals surface area contributed by atoms with E-state index < -0.39 is 9.84 Å². The highest BCUT2D eigenvalue weighted by molar-refractivity contribution is 7.90. The van der Waals surface area contributed by atoms with Crippen LogP contribution in [0.1, 0.15) is 33.6 Å². The number of nitrogens with zero attached hydrogens (tertiary/aromatic N) is 1. The molecule has 1 aromatic carbocycles. The Balaban J connectivity index is 2.50. The van der Waals surface area contributed by atoms with Gasteiger partial charge in [-0.05, 0) is 30.4 Å². The predicted molar refractivity (Wildman–Crippen MR) is 109 cm³/mol. The summed E-state index contributed by atoms with van der Waals surface area (Å²) in [7, 11) is -1.30. The molecule has 0 aliphatic heterocycles. The second kappa shape index (κ2) is 10.5. The van der Waals surface area contributed by atoms with Crippen LogP contribution in [0.4, 0.5) is 4.39 Å². The van der Waals surface area contributed by atoms with E-state index in [9.17, 15) is 12.8 Å². The number of hydrogen-bond donors (Lipinski definition) is 2. The van der Waals surface area contributed by atoms with Crippen molar-refractivity contribution in [2.24, 2.45) is 10.4 Å². The van der Waals surface area contributed by atoms with Gasteiger partial charge in [0, 0.05) is 25.9 Å². The maximum absolute atomic E-state index is 13.3. The summed E-state index contributed by atoms with van der Waals surface area (Å²) in [6.07, 6.45) is 2.43. The molecule has 154 valence electrons. The van der Waals surface area contributed by atoms with Gasteiger partial charge in [0.2, 0.25) is 0 Å². The molecule has 1 rings (SSSR count). The van der Waals surface area contributed by atoms with Gasteiger partial charge >= 0.3 is 0 Å². The minimum absolute atomic E-state index is 0.136. The van der Waals surface area contributed by atoms with Gasteiger partial charge in [-0.1, -0.05) is 26.8 Å². The Hall–Kier alpha value is -1.83. The average Bonchev–Trinajstić information content (AvgIpc) is 2.58. The number of hydrogen-bond acceptors (Lipinski definition) is 4. The van der Waals surface area contributed by atoms with Gasteiger partial charge in [-0.15, -0.1) is 0 Å². The van der Waals surface area contributed by atoms with E-state index in [1.54, 1.807) is 19.2 Å². The molecular weight excluding hydrogens is 369 g/mol. The molecule has 0 saturated heterocycles. The van der Waals surface area contributed by atoms with Crippen LogP contribution < -0.4 is 15.4 Å². The molecule has 6 nitrogen and oxygen atoms in total. The minimum Gasteiger partial charge on any atom is -0.489 e. The second-order valence-corrected chi connectivity index (χ2v) is 9.72. The Morgan fingerprint density at radius 3 is 2.59 bits per heavy atom. The molecule has 0 amide bonds. The van der Waals surface area contributed by atoms with Crippen LogP contribution in [-0.2, 0) is 9.84 Å². The maximum atomic E-state index is 13.3. The fourth-order valence-electron chi connectivity index (χ4n) is 2.31. The summed E-state index contributed by atoms with van der Waals surface area (Å²) >= 11 is 0. The van der Waals surface area contributed by atoms with Gasteiger partial charge < -0.3 is 15.4 Å². The number of guanidine groups is 1. The van der Waals surface area contributed by atoms with E-state index in [2.05, 4.69) is 15.6 Å². The van der Waals surface area contributed by atoms with Gasteiger partial charge in [-0.3, -0.25) is 4.99 Å². The number of nitrogens with one attached hydrogen (secondary N) is 2. The molecule has 1 unspecified atom stereocenters. The highest BCUT2D eigenvalue weighted by atomic mass is 32.2. The van der Waals surface area contributed by atoms with Crippen molar-refractivity contribution in [1.82, 2.24) is 10.6 Å². The molecule has 8 heteroatoms. The quantitative estimate of drug-likeness (QED) is 0.465. The smallest absolute Gasteiger partial charge is 0.191 e. The first-order valence-electron chi connectivity index (χ1n) is 9.09. The van der Waals surface area contributed by atoms with Gasteiger partial charge in [0.15, 0.2) is 5.96 Å². The SMILES string of the molecule is CCC(CNC(=NC)NCC(C)(C)CCS(C)(=O)=O)Oc1cccc(F)c1. The van der Waals surface area contributed by atoms with E-state index in [0.29, 0.717) is 31.2 Å². The topological polar surface area (TPSA) is 79.8 Å². The monoisotopic (exact) mass is 401 g/mol. The number of benzene rings is 1. The Bertz CT molecular complexity index is 721. The van der Waals surface area contributed by atoms with Gasteiger partial charge in [-0.2, -0.15) is 0 Å². The lowest BCUT2D eigenvalue weighted by molar-refractivity contribution is 0.198. The number of halogens is 1. The molecule has 1 aromatic rings. The van der Waals surface area contributed by atoms with Crippen LogP contribution in [0.25, 0.3) is 0 Å². The van der Waals surface area contributed by atoms with Crippen LogP contribution in [0.2, 0.25) is 0 Å². The van der Waals surface area contributed by atoms with Crippen molar-refractivity contribution < 1.29 is 17.5 Å². The Morgan fingerprint density at radius 1 is 1.33 bits per heavy atom. The third-order valence-corrected chi connectivity index (χ3v) is 5.10. The third-order valence-electron chi connectivity index (χ3n) is 4.16. The molecule has 0 aliphatic carbocycles. The molecule has 0 bridgehead atoms. The molecule has 0 saturated carbocycles. The Kier molecular flexibility index (Phi) is 9.02. The van der Waals surface area contributed by atoms with Gasteiger partial charge in [0.25, 0.3) is 0 Å². The molecule has 0 heterocycles. The van der Waals surface area contributed by atoms with Gasteiger partial charge in [-0.25, -0.2) is 12.8 Å². The van der Waals surface area contributed by atoms with E-state index in [-0.39, 0.29) is 23.1 Å². The molecular formula is C19H32FN3O3S. The summed E-state index contributed by atoms with van der Waals surface area (Å²) in [5, 5.41) is 6.43. The van der Waals surface area contributed by atoms with Crippen LogP contribution in [-0.4, -0.2) is 52.6 Å². The summed E-state index contributed by atoms with van der Waals surface area (Å²) in [6, 6.07) is 6.08. The lowest BCUT2D eigenvalue weighted by Gasteiger charge is -2.26. The lowest BCUT2D eigenvalue weighted by Crippen LogP contribution is -2.45. The van der Waals surface area contributed by atoms with E-state index in [4.69, 9.17) is 4.74 Å². The van der Waals surface area contributed by atoms with E-state index in [0.717, 1.165) is 6.42 Å². The van der Waals surface area contributed by atoms with Crippen LogP contribution in [0.5, 0.6) is 5.75 Å². The average molecular weight is 402 g/mol. The highest BCUT2D eigenvalue weighted by Gasteiger charge is 2.21. The van der Waals surface area contributed by atoms with Crippen molar-refractivity contribution >= 4 is 15.8 Å². The van der Waals surface area contributed by atoms with E-state index in [1.807, 2.05) is 20.8 Å². The number of sulfone groups is 1. The van der Waals surface area contributed by atoms with Crippen molar-refractivity contribution in [3.05, 3.63) is 30.1 Å². The second-order valence-electron chi connectivity index (χ2n) is 7.46. The summed E-state index contributed by atoms with van der Waals surface area (Å²) < 4.78 is 41.8. The van der Waals surface area contributed by atoms with Gasteiger partial charge in [0.05, 0.1) is 12.3 Å². The standard InChI is InChI=1S/C19H32FN3O3S/c1-6-16(26-17-9-7-8-15(20)12-17)13-22-18(21-4)23-14-19(2,3)10-11-27(5,24)25/h7-9,12,16H,6,10-11,13-14H2,1-5H3,(H2,21,22,23). The number of aliphatic imine (C=N–C) groups is 1. The van der Waals surface area contributed by atoms with Crippen LogP contribution in [0.3, 0.4) is 0 Å². The maximum Gasteiger partial charge on any atom is 0.191 e. The lowest BCUT2D eigenvalue weighted by atomic mass is 9.90. The molecule has 1 atom stereocenters. The molecule has 0 aromatic heterocycles. The first-order chi connectivity index (χ1) is 12.5. The van der Waals surface area contributed by atoms with Gasteiger partial charge in [0.1, 0.15) is 27.5 Å². The summed E-state index contributed by atoms with van der Waals surface area (Å²) in [6.45, 7) is 7.12. The Labute approximate surface area is 162 Å². The summed E-state index contributed by atoms with van der Waals surface area (Å²) in [5.41, 5.74) is -0.192. The molecule has 0 spiro atoms. The summed E-state index contributed by atoms with van der Waals surface area (Å²) in [4.78, 5) is 4.19. The normalized spacial score (nSPS) is 13.9. The fourth-order valence-corrected chi connectivity index (χ4v) is 3.23. The van der Waals surface area contributed by atoms with Crippen molar-refractivity contribution in [2.75, 3.05) is 32.1 Å². The minimum atomic E-state index is -2.98. The molecule has 27 heavy (non-hydrogen) atoms. The van der Waals surface area contributed by atoms with Crippen molar-refractivity contribution in [3.8, 4) is 5.75 Å². The molecule has 0 aliphatic rings. The molecule has 2 N–H and O–H groups in total. The predicted octanol–water partition coefficient (Wildman–Crippen LogP) is 2.61. The third kappa shape index (κ3) is 10.2. The molecule has 0 radical (unpaired) electrons. The Morgan fingerprint density at radius 2 is 2.04 bits per heavy atom. The van der Waals surface area contributed by atoms with Crippen LogP contribution in [0.15, 0.2) is 29.3 Å². The van der Waals surface area contributed by atoms with E-state index >= 15 is 0 Å². The van der Waals surface area contributed by atoms with Crippen LogP contribution >= 0.6 is 0 Å². The zero-order chi connectivity index (χ0) is 20.5. The first-order valence-corrected chi connectivity index (χ1v) is 11.1. The zero-order valence-electron chi connectivity index (χ0n) is 16.9. The largest absolute Gasteiger partial charge is 0.489 e. The number of rotatable bonds is 10. The van der Waals surface area contributed by atoms with Crippen LogP contribution in [0, 0.1) is 11.2 Å². The first kappa shape index (κ1) is 23.2. The van der Waals surface area contributed by atoms with Crippen molar-refractivity contribution in [1.29, 1.82) is 0 Å². The molecule has 0 fully saturated rings. The van der Waals surface area contributed by atoms with Crippen molar-refractivity contribution in [3.63, 3.8) is 0 Å². The summed E-state index contributed by atoms with van der Waals surface area (Å²) in [5.74, 6) is 0.939. The highest BCUT2D eigenvalue weighted by Crippen LogP contribution is 2.19. The van der Waals surface area contributed by atoms with E-state index in [1.165, 1.54) is 18.4 Å². The zero-order valence-corrected chi connectivity index (χ0v) is 17.7. The fraction of sp³-hybridized carbons (Fsp3) is 0.632. The number of ether oxygens (including phenoxy) is 1.